The van der Waals surface area contributed by atoms with E-state index in [1.807, 2.05) is 12.1 Å². The fraction of sp³-hybridized carbons (Fsp3) is 0.579. The standard InChI is InChI=1S/C17H27NO4.C2H2O4/c1-19-14-8-6-5-7-13(14)18-11-12-9-15(20-2)17(22-4)16(10-12)21-3;3-1(4)2(5)6/h9-10,13-14,18H,5-8,11H2,1-4H3;(H,3,4)(H,5,6). The van der Waals surface area contributed by atoms with Crippen LogP contribution in [0, 0.1) is 0 Å². The van der Waals surface area contributed by atoms with Crippen molar-refractivity contribution >= 4 is 11.9 Å². The van der Waals surface area contributed by atoms with Gasteiger partial charge in [0.05, 0.1) is 27.4 Å². The van der Waals surface area contributed by atoms with Gasteiger partial charge in [0.1, 0.15) is 0 Å². The summed E-state index contributed by atoms with van der Waals surface area (Å²) in [5.41, 5.74) is 1.11. The molecule has 1 aromatic rings. The van der Waals surface area contributed by atoms with E-state index < -0.39 is 11.9 Å². The Morgan fingerprint density at radius 2 is 1.50 bits per heavy atom. The number of ether oxygens (including phenoxy) is 4. The van der Waals surface area contributed by atoms with Gasteiger partial charge in [-0.05, 0) is 30.5 Å². The molecule has 28 heavy (non-hydrogen) atoms. The van der Waals surface area contributed by atoms with Gasteiger partial charge in [0.15, 0.2) is 11.5 Å². The molecule has 9 nitrogen and oxygen atoms in total. The molecule has 2 atom stereocenters. The minimum atomic E-state index is -1.82. The van der Waals surface area contributed by atoms with Crippen molar-refractivity contribution in [3.05, 3.63) is 17.7 Å². The van der Waals surface area contributed by atoms with Crippen molar-refractivity contribution in [3.63, 3.8) is 0 Å². The van der Waals surface area contributed by atoms with Crippen molar-refractivity contribution in [2.45, 2.75) is 44.4 Å². The zero-order valence-electron chi connectivity index (χ0n) is 16.7. The summed E-state index contributed by atoms with van der Waals surface area (Å²) >= 11 is 0. The fourth-order valence-corrected chi connectivity index (χ4v) is 3.10. The highest BCUT2D eigenvalue weighted by Gasteiger charge is 2.24. The van der Waals surface area contributed by atoms with E-state index in [4.69, 9.17) is 38.7 Å². The maximum absolute atomic E-state index is 9.10. The SMILES string of the molecule is COc1cc(CNC2CCCCC2OC)cc(OC)c1OC.O=C(O)C(=O)O. The second kappa shape index (κ2) is 12.0. The molecule has 0 aromatic heterocycles. The molecule has 2 unspecified atom stereocenters. The highest BCUT2D eigenvalue weighted by Crippen LogP contribution is 2.38. The highest BCUT2D eigenvalue weighted by molar-refractivity contribution is 6.27. The van der Waals surface area contributed by atoms with Crippen molar-refractivity contribution in [3.8, 4) is 17.2 Å². The minimum absolute atomic E-state index is 0.302. The van der Waals surface area contributed by atoms with Crippen molar-refractivity contribution in [2.24, 2.45) is 0 Å². The number of hydrogen-bond donors (Lipinski definition) is 3. The second-order valence-corrected chi connectivity index (χ2v) is 6.19. The molecule has 3 N–H and O–H groups in total. The topological polar surface area (TPSA) is 124 Å². The van der Waals surface area contributed by atoms with Crippen LogP contribution < -0.4 is 19.5 Å². The Morgan fingerprint density at radius 1 is 0.964 bits per heavy atom. The van der Waals surface area contributed by atoms with Gasteiger partial charge in [0, 0.05) is 19.7 Å². The molecule has 0 aliphatic heterocycles. The number of methoxy groups -OCH3 is 4. The first kappa shape index (κ1) is 23.5. The van der Waals surface area contributed by atoms with Gasteiger partial charge in [-0.25, -0.2) is 9.59 Å². The van der Waals surface area contributed by atoms with Crippen LogP contribution in [-0.2, 0) is 20.9 Å². The molecule has 1 aromatic carbocycles. The molecular formula is C19H29NO8. The zero-order chi connectivity index (χ0) is 21.1. The first-order chi connectivity index (χ1) is 13.4. The molecule has 1 aliphatic carbocycles. The molecule has 0 radical (unpaired) electrons. The number of aliphatic carboxylic acids is 2. The van der Waals surface area contributed by atoms with E-state index in [9.17, 15) is 0 Å². The van der Waals surface area contributed by atoms with Crippen LogP contribution in [0.25, 0.3) is 0 Å². The lowest BCUT2D eigenvalue weighted by molar-refractivity contribution is -0.159. The molecule has 1 saturated carbocycles. The average molecular weight is 399 g/mol. The Kier molecular flexibility index (Phi) is 10.1. The predicted molar refractivity (Wildman–Crippen MR) is 101 cm³/mol. The van der Waals surface area contributed by atoms with E-state index in [0.717, 1.165) is 24.9 Å². The molecule has 0 heterocycles. The number of carbonyl (C=O) groups is 2. The fourth-order valence-electron chi connectivity index (χ4n) is 3.10. The summed E-state index contributed by atoms with van der Waals surface area (Å²) in [6, 6.07) is 4.37. The number of carboxylic acid groups (broad SMARTS) is 2. The van der Waals surface area contributed by atoms with Crippen LogP contribution >= 0.6 is 0 Å². The number of hydrogen-bond acceptors (Lipinski definition) is 7. The van der Waals surface area contributed by atoms with Crippen LogP contribution in [0.15, 0.2) is 12.1 Å². The first-order valence-electron chi connectivity index (χ1n) is 8.89. The Bertz CT molecular complexity index is 612. The molecule has 158 valence electrons. The van der Waals surface area contributed by atoms with Crippen LogP contribution in [0.5, 0.6) is 17.2 Å². The van der Waals surface area contributed by atoms with Crippen LogP contribution in [0.1, 0.15) is 31.2 Å². The number of rotatable bonds is 7. The van der Waals surface area contributed by atoms with Gasteiger partial charge in [-0.1, -0.05) is 12.8 Å². The molecule has 1 aliphatic rings. The Hall–Kier alpha value is -2.52. The summed E-state index contributed by atoms with van der Waals surface area (Å²) < 4.78 is 21.7. The zero-order valence-corrected chi connectivity index (χ0v) is 16.7. The predicted octanol–water partition coefficient (Wildman–Crippen LogP) is 1.92. The number of benzene rings is 1. The van der Waals surface area contributed by atoms with Crippen molar-refractivity contribution in [2.75, 3.05) is 28.4 Å². The van der Waals surface area contributed by atoms with Crippen LogP contribution in [-0.4, -0.2) is 62.7 Å². The summed E-state index contributed by atoms with van der Waals surface area (Å²) in [4.78, 5) is 18.2. The molecule has 0 bridgehead atoms. The van der Waals surface area contributed by atoms with Crippen molar-refractivity contribution in [1.29, 1.82) is 0 Å². The van der Waals surface area contributed by atoms with Crippen LogP contribution in [0.4, 0.5) is 0 Å². The van der Waals surface area contributed by atoms with Gasteiger partial charge in [0.25, 0.3) is 0 Å². The van der Waals surface area contributed by atoms with Gasteiger partial charge in [-0.15, -0.1) is 0 Å². The van der Waals surface area contributed by atoms with E-state index in [0.29, 0.717) is 29.4 Å². The summed E-state index contributed by atoms with van der Waals surface area (Å²) in [6.45, 7) is 0.751. The third-order valence-corrected chi connectivity index (χ3v) is 4.48. The van der Waals surface area contributed by atoms with Gasteiger partial charge in [-0.2, -0.15) is 0 Å². The highest BCUT2D eigenvalue weighted by atomic mass is 16.5. The van der Waals surface area contributed by atoms with Gasteiger partial charge < -0.3 is 34.5 Å². The molecule has 2 rings (SSSR count). The Balaban J connectivity index is 0.000000568. The summed E-state index contributed by atoms with van der Waals surface area (Å²) in [7, 11) is 6.68. The van der Waals surface area contributed by atoms with E-state index >= 15 is 0 Å². The molecule has 0 amide bonds. The monoisotopic (exact) mass is 399 g/mol. The van der Waals surface area contributed by atoms with Gasteiger partial charge in [-0.3, -0.25) is 0 Å². The third-order valence-electron chi connectivity index (χ3n) is 4.48. The Morgan fingerprint density at radius 3 is 1.93 bits per heavy atom. The van der Waals surface area contributed by atoms with Crippen molar-refractivity contribution < 1.29 is 38.7 Å². The van der Waals surface area contributed by atoms with E-state index in [1.165, 1.54) is 12.8 Å². The van der Waals surface area contributed by atoms with E-state index in [1.54, 1.807) is 28.4 Å². The maximum atomic E-state index is 9.10. The molecular weight excluding hydrogens is 370 g/mol. The number of carboxylic acids is 2. The summed E-state index contributed by atoms with van der Waals surface area (Å²) in [5.74, 6) is -1.65. The van der Waals surface area contributed by atoms with Crippen molar-refractivity contribution in [1.82, 2.24) is 5.32 Å². The van der Waals surface area contributed by atoms with Gasteiger partial charge in [0.2, 0.25) is 5.75 Å². The molecule has 0 saturated heterocycles. The van der Waals surface area contributed by atoms with E-state index in [-0.39, 0.29) is 0 Å². The third kappa shape index (κ3) is 6.90. The van der Waals surface area contributed by atoms with E-state index in [2.05, 4.69) is 5.32 Å². The average Bonchev–Trinajstić information content (AvgIpc) is 2.71. The summed E-state index contributed by atoms with van der Waals surface area (Å²) in [6.07, 6.45) is 5.09. The lowest BCUT2D eigenvalue weighted by Crippen LogP contribution is -2.42. The van der Waals surface area contributed by atoms with Crippen LogP contribution in [0.3, 0.4) is 0 Å². The van der Waals surface area contributed by atoms with Gasteiger partial charge >= 0.3 is 11.9 Å². The lowest BCUT2D eigenvalue weighted by atomic mass is 9.92. The largest absolute Gasteiger partial charge is 0.493 e. The maximum Gasteiger partial charge on any atom is 0.414 e. The second-order valence-electron chi connectivity index (χ2n) is 6.19. The Labute approximate surface area is 164 Å². The lowest BCUT2D eigenvalue weighted by Gasteiger charge is -2.31. The first-order valence-corrected chi connectivity index (χ1v) is 8.89. The number of nitrogens with one attached hydrogen (secondary N) is 1. The minimum Gasteiger partial charge on any atom is -0.493 e. The molecule has 9 heteroatoms. The molecule has 0 spiro atoms. The normalized spacial score (nSPS) is 18.4. The summed E-state index contributed by atoms with van der Waals surface area (Å²) in [5, 5.41) is 18.4. The van der Waals surface area contributed by atoms with Crippen LogP contribution in [0.2, 0.25) is 0 Å². The molecule has 1 fully saturated rings. The smallest absolute Gasteiger partial charge is 0.414 e. The quantitative estimate of drug-likeness (QED) is 0.590.